The first kappa shape index (κ1) is 34.8. The number of likely N-dealkylation sites (tertiary alicyclic amines) is 1. The summed E-state index contributed by atoms with van der Waals surface area (Å²) in [6.45, 7) is 10.8. The van der Waals surface area contributed by atoms with E-state index in [1.165, 1.54) is 24.3 Å². The Labute approximate surface area is 220 Å². The Hall–Kier alpha value is -3.17. The molecule has 3 heterocycles. The Balaban J connectivity index is 0.00000121. The number of nitrogens with two attached hydrogens (primary N) is 1. The second-order valence-electron chi connectivity index (χ2n) is 7.87. The van der Waals surface area contributed by atoms with Gasteiger partial charge in [0, 0.05) is 49.5 Å². The molecule has 1 aromatic carbocycles. The smallest absolute Gasteiger partial charge is 0.266 e. The average Bonchev–Trinajstić information content (AvgIpc) is 3.49. The molecule has 5 nitrogen and oxygen atoms in total. The molecule has 4 rings (SSSR count). The van der Waals surface area contributed by atoms with Crippen LogP contribution in [0.1, 0.15) is 58.6 Å². The summed E-state index contributed by atoms with van der Waals surface area (Å²) < 4.78 is 82.4. The first-order valence-electron chi connectivity index (χ1n) is 12.2. The molecule has 0 amide bonds. The molecule has 1 unspecified atom stereocenters. The molecule has 38 heavy (non-hydrogen) atoms. The molecule has 2 aliphatic heterocycles. The summed E-state index contributed by atoms with van der Waals surface area (Å²) in [5, 5.41) is 0. The van der Waals surface area contributed by atoms with E-state index in [-0.39, 0.29) is 37.2 Å². The molecule has 212 valence electrons. The average molecular weight is 547 g/mol. The molecule has 0 spiro atoms. The largest absolute Gasteiger partial charge is 0.354 e. The third kappa shape index (κ3) is 9.95. The zero-order valence-electron chi connectivity index (χ0n) is 22.4. The molecular formula is C27H36F6N4O. The van der Waals surface area contributed by atoms with Crippen LogP contribution in [0.25, 0.3) is 11.1 Å². The highest BCUT2D eigenvalue weighted by molar-refractivity contribution is 5.86. The van der Waals surface area contributed by atoms with Crippen molar-refractivity contribution in [1.29, 1.82) is 0 Å². The minimum absolute atomic E-state index is 0.136. The molecule has 1 saturated heterocycles. The third-order valence-corrected chi connectivity index (χ3v) is 5.01. The number of alkyl halides is 2. The van der Waals surface area contributed by atoms with Gasteiger partial charge in [0.05, 0.1) is 29.8 Å². The van der Waals surface area contributed by atoms with Crippen LogP contribution in [0.2, 0.25) is 0 Å². The van der Waals surface area contributed by atoms with Crippen LogP contribution in [0, 0.1) is 23.3 Å². The molecule has 0 aliphatic carbocycles. The number of benzene rings is 1. The molecular weight excluding hydrogens is 510 g/mol. The fourth-order valence-corrected chi connectivity index (χ4v) is 3.71. The van der Waals surface area contributed by atoms with Crippen molar-refractivity contribution in [3.8, 4) is 11.1 Å². The molecule has 0 bridgehead atoms. The molecule has 2 aromatic rings. The van der Waals surface area contributed by atoms with Crippen LogP contribution in [0.3, 0.4) is 0 Å². The monoisotopic (exact) mass is 546 g/mol. The van der Waals surface area contributed by atoms with Gasteiger partial charge < -0.3 is 10.6 Å². The van der Waals surface area contributed by atoms with Crippen molar-refractivity contribution in [2.75, 3.05) is 26.7 Å². The van der Waals surface area contributed by atoms with E-state index in [9.17, 15) is 26.3 Å². The van der Waals surface area contributed by atoms with Crippen LogP contribution in [0.5, 0.6) is 0 Å². The van der Waals surface area contributed by atoms with E-state index in [1.54, 1.807) is 0 Å². The number of rotatable bonds is 2. The summed E-state index contributed by atoms with van der Waals surface area (Å²) in [4.78, 5) is 18.3. The van der Waals surface area contributed by atoms with E-state index in [4.69, 9.17) is 4.79 Å². The predicted molar refractivity (Wildman–Crippen MR) is 139 cm³/mol. The number of hydrogen-bond donors (Lipinski definition) is 1. The van der Waals surface area contributed by atoms with Crippen LogP contribution >= 0.6 is 0 Å². The Morgan fingerprint density at radius 1 is 1.08 bits per heavy atom. The minimum atomic E-state index is -2.78. The van der Waals surface area contributed by atoms with Crippen molar-refractivity contribution in [2.24, 2.45) is 10.7 Å². The Morgan fingerprint density at radius 2 is 1.61 bits per heavy atom. The van der Waals surface area contributed by atoms with Gasteiger partial charge in [-0.2, -0.15) is 0 Å². The number of aliphatic imine (C=N–C) groups is 1. The lowest BCUT2D eigenvalue weighted by Crippen LogP contribution is -2.30. The van der Waals surface area contributed by atoms with Gasteiger partial charge in [0.25, 0.3) is 5.92 Å². The van der Waals surface area contributed by atoms with E-state index in [1.807, 2.05) is 13.8 Å². The molecule has 2 aliphatic rings. The standard InChI is InChI=1S/C19H15F6N3.C3H8.C2H2O.C2H6.CH5N/c20-11-5-14(22)17(15(23)6-11)13-4-12(21)8-27-18(13)10-3-16(26-7-10)28-2-1-19(24,25)9-28;1-3-2;1-2-3;2*1-2/h4-6,8,10H,1-3,7,9H2;3H2,1-2H3;1H2;1-2H3;2H2,1H3. The lowest BCUT2D eigenvalue weighted by molar-refractivity contribution is 0.0174. The summed E-state index contributed by atoms with van der Waals surface area (Å²) in [5.74, 6) is -5.76. The quantitative estimate of drug-likeness (QED) is 0.342. The maximum atomic E-state index is 14.3. The second kappa shape index (κ2) is 17.4. The number of amidine groups is 1. The maximum absolute atomic E-state index is 14.3. The van der Waals surface area contributed by atoms with Crippen molar-refractivity contribution in [3.63, 3.8) is 0 Å². The van der Waals surface area contributed by atoms with Gasteiger partial charge in [0.2, 0.25) is 0 Å². The zero-order chi connectivity index (χ0) is 29.5. The second-order valence-corrected chi connectivity index (χ2v) is 7.87. The summed E-state index contributed by atoms with van der Waals surface area (Å²) in [6, 6.07) is 1.95. The van der Waals surface area contributed by atoms with Crippen molar-refractivity contribution < 1.29 is 31.1 Å². The summed E-state index contributed by atoms with van der Waals surface area (Å²) in [6.07, 6.45) is 2.15. The zero-order valence-corrected chi connectivity index (χ0v) is 22.4. The fraction of sp³-hybridized carbons (Fsp3) is 0.481. The maximum Gasteiger partial charge on any atom is 0.266 e. The normalized spacial score (nSPS) is 16.7. The number of aromatic nitrogens is 1. The first-order valence-corrected chi connectivity index (χ1v) is 12.2. The van der Waals surface area contributed by atoms with E-state index in [0.717, 1.165) is 12.3 Å². The molecule has 1 atom stereocenters. The lowest BCUT2D eigenvalue weighted by atomic mass is 9.93. The predicted octanol–water partition coefficient (Wildman–Crippen LogP) is 6.55. The van der Waals surface area contributed by atoms with Gasteiger partial charge in [0.15, 0.2) is 0 Å². The summed E-state index contributed by atoms with van der Waals surface area (Å²) in [5.41, 5.74) is 3.98. The molecule has 0 saturated carbocycles. The first-order chi connectivity index (χ1) is 18.1. The number of hydrogen-bond acceptors (Lipinski definition) is 5. The van der Waals surface area contributed by atoms with Crippen LogP contribution in [-0.4, -0.2) is 54.3 Å². The summed E-state index contributed by atoms with van der Waals surface area (Å²) >= 11 is 0. The minimum Gasteiger partial charge on any atom is -0.354 e. The van der Waals surface area contributed by atoms with Crippen molar-refractivity contribution in [1.82, 2.24) is 9.88 Å². The highest BCUT2D eigenvalue weighted by atomic mass is 19.3. The number of nitrogens with zero attached hydrogens (tertiary/aromatic N) is 3. The highest BCUT2D eigenvalue weighted by Gasteiger charge is 2.41. The van der Waals surface area contributed by atoms with Gasteiger partial charge in [-0.3, -0.25) is 9.98 Å². The van der Waals surface area contributed by atoms with Crippen LogP contribution < -0.4 is 5.73 Å². The number of pyridine rings is 1. The molecule has 1 aromatic heterocycles. The Morgan fingerprint density at radius 3 is 2.08 bits per heavy atom. The molecule has 2 N–H and O–H groups in total. The third-order valence-electron chi connectivity index (χ3n) is 5.01. The van der Waals surface area contributed by atoms with Crippen molar-refractivity contribution in [3.05, 3.63) is 59.9 Å². The molecule has 0 radical (unpaired) electrons. The van der Waals surface area contributed by atoms with Crippen molar-refractivity contribution >= 4 is 11.8 Å². The van der Waals surface area contributed by atoms with E-state index >= 15 is 0 Å². The van der Waals surface area contributed by atoms with E-state index in [0.29, 0.717) is 18.0 Å². The van der Waals surface area contributed by atoms with Crippen molar-refractivity contribution in [2.45, 2.75) is 58.8 Å². The van der Waals surface area contributed by atoms with Gasteiger partial charge in [-0.05, 0) is 19.7 Å². The van der Waals surface area contributed by atoms with Crippen LogP contribution in [0.4, 0.5) is 26.3 Å². The van der Waals surface area contributed by atoms with Gasteiger partial charge >= 0.3 is 0 Å². The molecule has 11 heteroatoms. The Bertz CT molecular complexity index is 1050. The highest BCUT2D eigenvalue weighted by Crippen LogP contribution is 2.37. The Kier molecular flexibility index (Phi) is 15.9. The lowest BCUT2D eigenvalue weighted by Gasteiger charge is -2.19. The summed E-state index contributed by atoms with van der Waals surface area (Å²) in [7, 11) is 1.50. The van der Waals surface area contributed by atoms with E-state index < -0.39 is 47.2 Å². The van der Waals surface area contributed by atoms with E-state index in [2.05, 4.69) is 36.1 Å². The van der Waals surface area contributed by atoms with Gasteiger partial charge in [-0.15, -0.1) is 0 Å². The number of carbonyl (C=O) groups excluding carboxylic acids is 1. The topological polar surface area (TPSA) is 71.6 Å². The van der Waals surface area contributed by atoms with Gasteiger partial charge in [-0.25, -0.2) is 31.1 Å². The fourth-order valence-electron chi connectivity index (χ4n) is 3.71. The van der Waals surface area contributed by atoms with Gasteiger partial charge in [0.1, 0.15) is 29.2 Å². The molecule has 1 fully saturated rings. The SMILES string of the molecule is C=C=O.CC.CCC.CN.Fc1cc(F)c(-c2cc(F)cnc2C2CN=C(N3CCC(F)(F)C3)C2)c(F)c1. The van der Waals surface area contributed by atoms with Crippen LogP contribution in [0.15, 0.2) is 36.0 Å². The van der Waals surface area contributed by atoms with Crippen LogP contribution in [-0.2, 0) is 4.79 Å². The number of halogens is 6. The van der Waals surface area contributed by atoms with Gasteiger partial charge in [-0.1, -0.05) is 34.1 Å².